The number of allylic oxidation sites excluding steroid dienone is 2. The van der Waals surface area contributed by atoms with E-state index in [1.165, 1.54) is 9.80 Å². The zero-order valence-electron chi connectivity index (χ0n) is 17.8. The minimum Gasteiger partial charge on any atom is -0.355 e. The number of likely N-dealkylation sites (tertiary alicyclic amines) is 1. The summed E-state index contributed by atoms with van der Waals surface area (Å²) in [6, 6.07) is 6.87. The van der Waals surface area contributed by atoms with Gasteiger partial charge in [-0.15, -0.1) is 0 Å². The maximum Gasteiger partial charge on any atom is 0.242 e. The fourth-order valence-electron chi connectivity index (χ4n) is 4.13. The van der Waals surface area contributed by atoms with E-state index < -0.39 is 6.04 Å². The number of carbonyl (C=O) groups excluding carboxylic acids is 4. The molecule has 0 unspecified atom stereocenters. The molecule has 1 saturated heterocycles. The number of likely N-dealkylation sites (N-methyl/N-ethyl adjacent to an activating group) is 1. The van der Waals surface area contributed by atoms with Crippen LogP contribution in [0.4, 0.5) is 0 Å². The lowest BCUT2D eigenvalue weighted by molar-refractivity contribution is -0.143. The number of amides is 4. The van der Waals surface area contributed by atoms with Gasteiger partial charge in [0.15, 0.2) is 0 Å². The van der Waals surface area contributed by atoms with E-state index in [1.54, 1.807) is 6.92 Å². The number of carbonyl (C=O) groups is 4. The van der Waals surface area contributed by atoms with Gasteiger partial charge in [-0.05, 0) is 44.4 Å². The van der Waals surface area contributed by atoms with Gasteiger partial charge in [0.1, 0.15) is 6.04 Å². The van der Waals surface area contributed by atoms with E-state index in [9.17, 15) is 19.2 Å². The first-order chi connectivity index (χ1) is 14.8. The van der Waals surface area contributed by atoms with Crippen LogP contribution in [-0.2, 0) is 25.7 Å². The average Bonchev–Trinajstić information content (AvgIpc) is 3.01. The monoisotopic (exact) mass is 489 g/mol. The Balaban J connectivity index is 1.70. The molecule has 1 N–H and O–H groups in total. The summed E-state index contributed by atoms with van der Waals surface area (Å²) in [4.78, 5) is 53.6. The molecule has 3 atom stereocenters. The van der Waals surface area contributed by atoms with Gasteiger partial charge in [0.05, 0.1) is 11.8 Å². The summed E-state index contributed by atoms with van der Waals surface area (Å²) >= 11 is 3.39. The Morgan fingerprint density at radius 3 is 2.26 bits per heavy atom. The van der Waals surface area contributed by atoms with Crippen LogP contribution in [0.15, 0.2) is 40.9 Å². The Hall–Kier alpha value is -2.48. The van der Waals surface area contributed by atoms with Crippen LogP contribution in [0.3, 0.4) is 0 Å². The molecule has 1 aromatic carbocycles. The van der Waals surface area contributed by atoms with Gasteiger partial charge in [-0.25, -0.2) is 0 Å². The summed E-state index contributed by atoms with van der Waals surface area (Å²) < 4.78 is 0.924. The van der Waals surface area contributed by atoms with Crippen LogP contribution in [0.1, 0.15) is 38.7 Å². The van der Waals surface area contributed by atoms with Gasteiger partial charge in [0.2, 0.25) is 23.6 Å². The van der Waals surface area contributed by atoms with Gasteiger partial charge in [0, 0.05) is 30.5 Å². The van der Waals surface area contributed by atoms with E-state index in [0.29, 0.717) is 19.4 Å². The first kappa shape index (κ1) is 23.2. The van der Waals surface area contributed by atoms with Gasteiger partial charge >= 0.3 is 0 Å². The molecule has 0 bridgehead atoms. The molecule has 1 aliphatic carbocycles. The summed E-state index contributed by atoms with van der Waals surface area (Å²) in [5.74, 6) is -1.50. The van der Waals surface area contributed by atoms with Crippen molar-refractivity contribution >= 4 is 39.6 Å². The van der Waals surface area contributed by atoms with Crippen molar-refractivity contribution in [3.05, 3.63) is 46.5 Å². The number of halogens is 1. The van der Waals surface area contributed by atoms with Crippen LogP contribution >= 0.6 is 15.9 Å². The average molecular weight is 490 g/mol. The third-order valence-electron chi connectivity index (χ3n) is 5.93. The number of nitrogens with one attached hydrogen (secondary N) is 1. The second-order valence-electron chi connectivity index (χ2n) is 7.95. The van der Waals surface area contributed by atoms with Crippen LogP contribution in [0.2, 0.25) is 0 Å². The minimum atomic E-state index is -0.673. The van der Waals surface area contributed by atoms with Crippen molar-refractivity contribution in [3.8, 4) is 0 Å². The molecule has 4 amide bonds. The zero-order chi connectivity index (χ0) is 22.5. The number of fused-ring (bicyclic) bond motifs is 1. The van der Waals surface area contributed by atoms with Crippen molar-refractivity contribution in [2.45, 2.75) is 45.7 Å². The molecule has 166 valence electrons. The number of nitrogens with zero attached hydrogens (tertiary/aromatic N) is 2. The number of imide groups is 1. The number of hydrogen-bond donors (Lipinski definition) is 1. The first-order valence-corrected chi connectivity index (χ1v) is 11.4. The Bertz CT molecular complexity index is 857. The second kappa shape index (κ2) is 10.2. The van der Waals surface area contributed by atoms with Crippen molar-refractivity contribution in [1.82, 2.24) is 15.1 Å². The highest BCUT2D eigenvalue weighted by atomic mass is 79.9. The largest absolute Gasteiger partial charge is 0.355 e. The molecule has 2 aliphatic rings. The Morgan fingerprint density at radius 1 is 1.13 bits per heavy atom. The molecule has 8 heteroatoms. The Labute approximate surface area is 191 Å². The van der Waals surface area contributed by atoms with Crippen LogP contribution in [0.5, 0.6) is 0 Å². The van der Waals surface area contributed by atoms with E-state index in [0.717, 1.165) is 10.0 Å². The van der Waals surface area contributed by atoms with Gasteiger partial charge in [0.25, 0.3) is 0 Å². The Morgan fingerprint density at radius 2 is 1.71 bits per heavy atom. The van der Waals surface area contributed by atoms with Crippen LogP contribution in [0, 0.1) is 11.8 Å². The molecule has 31 heavy (non-hydrogen) atoms. The molecule has 7 nitrogen and oxygen atoms in total. The van der Waals surface area contributed by atoms with E-state index in [2.05, 4.69) is 21.2 Å². The Kier molecular flexibility index (Phi) is 7.64. The molecule has 1 heterocycles. The molecule has 0 spiro atoms. The van der Waals surface area contributed by atoms with Crippen molar-refractivity contribution < 1.29 is 19.2 Å². The SMILES string of the molecule is CCNC(=O)[C@@H](C)N(Cc1ccc(Br)cc1)C(=O)CCN1C(=O)[C@H]2CC=CC[C@H]2C1=O. The highest BCUT2D eigenvalue weighted by Gasteiger charge is 2.47. The molecule has 3 rings (SSSR count). The summed E-state index contributed by atoms with van der Waals surface area (Å²) in [6.45, 7) is 4.29. The van der Waals surface area contributed by atoms with Crippen molar-refractivity contribution in [1.29, 1.82) is 0 Å². The van der Waals surface area contributed by atoms with Crippen LogP contribution in [-0.4, -0.2) is 52.6 Å². The summed E-state index contributed by atoms with van der Waals surface area (Å²) in [5, 5.41) is 2.75. The van der Waals surface area contributed by atoms with E-state index in [4.69, 9.17) is 0 Å². The molecule has 1 aliphatic heterocycles. The van der Waals surface area contributed by atoms with E-state index in [1.807, 2.05) is 43.3 Å². The molecular formula is C23H28BrN3O4. The number of benzene rings is 1. The molecule has 0 saturated carbocycles. The standard InChI is InChI=1S/C23H28BrN3O4/c1-3-25-21(29)15(2)27(14-16-8-10-17(24)11-9-16)20(28)12-13-26-22(30)18-6-4-5-7-19(18)23(26)31/h4-5,8-11,15,18-19H,3,6-7,12-14H2,1-2H3,(H,25,29)/t15-,18-,19+/m1/s1. The predicted molar refractivity (Wildman–Crippen MR) is 120 cm³/mol. The lowest BCUT2D eigenvalue weighted by atomic mass is 9.85. The number of rotatable bonds is 8. The van der Waals surface area contributed by atoms with Crippen LogP contribution in [0.25, 0.3) is 0 Å². The fraction of sp³-hybridized carbons (Fsp3) is 0.478. The van der Waals surface area contributed by atoms with Gasteiger partial charge in [-0.3, -0.25) is 24.1 Å². The van der Waals surface area contributed by atoms with Crippen molar-refractivity contribution in [2.75, 3.05) is 13.1 Å². The lowest BCUT2D eigenvalue weighted by Crippen LogP contribution is -2.48. The molecular weight excluding hydrogens is 462 g/mol. The van der Waals surface area contributed by atoms with Gasteiger partial charge in [-0.1, -0.05) is 40.2 Å². The fourth-order valence-corrected chi connectivity index (χ4v) is 4.40. The molecule has 1 aromatic rings. The third kappa shape index (κ3) is 5.23. The summed E-state index contributed by atoms with van der Waals surface area (Å²) in [5.41, 5.74) is 0.887. The maximum absolute atomic E-state index is 13.1. The smallest absolute Gasteiger partial charge is 0.242 e. The molecule has 0 radical (unpaired) electrons. The highest BCUT2D eigenvalue weighted by Crippen LogP contribution is 2.35. The van der Waals surface area contributed by atoms with Gasteiger partial charge in [-0.2, -0.15) is 0 Å². The summed E-state index contributed by atoms with van der Waals surface area (Å²) in [7, 11) is 0. The highest BCUT2D eigenvalue weighted by molar-refractivity contribution is 9.10. The van der Waals surface area contributed by atoms with E-state index in [-0.39, 0.29) is 55.0 Å². The van der Waals surface area contributed by atoms with E-state index >= 15 is 0 Å². The number of hydrogen-bond acceptors (Lipinski definition) is 4. The van der Waals surface area contributed by atoms with Gasteiger partial charge < -0.3 is 10.2 Å². The summed E-state index contributed by atoms with van der Waals surface area (Å²) in [6.07, 6.45) is 5.02. The maximum atomic E-state index is 13.1. The first-order valence-electron chi connectivity index (χ1n) is 10.6. The lowest BCUT2D eigenvalue weighted by Gasteiger charge is -2.29. The quantitative estimate of drug-likeness (QED) is 0.449. The third-order valence-corrected chi connectivity index (χ3v) is 6.46. The van der Waals surface area contributed by atoms with Crippen molar-refractivity contribution in [3.63, 3.8) is 0 Å². The molecule has 1 fully saturated rings. The normalized spacial score (nSPS) is 21.1. The minimum absolute atomic E-state index is 0.00930. The van der Waals surface area contributed by atoms with Crippen molar-refractivity contribution in [2.24, 2.45) is 11.8 Å². The second-order valence-corrected chi connectivity index (χ2v) is 8.87. The van der Waals surface area contributed by atoms with Crippen LogP contribution < -0.4 is 5.32 Å². The molecule has 0 aromatic heterocycles. The zero-order valence-corrected chi connectivity index (χ0v) is 19.4. The topological polar surface area (TPSA) is 86.8 Å². The predicted octanol–water partition coefficient (Wildman–Crippen LogP) is 2.64.